The first-order valence-corrected chi connectivity index (χ1v) is 3.05. The van der Waals surface area contributed by atoms with Crippen LogP contribution in [-0.2, 0) is 0 Å². The fourth-order valence-electron chi connectivity index (χ4n) is 0.256. The number of halogens is 1. The van der Waals surface area contributed by atoms with Crippen molar-refractivity contribution < 1.29 is 0 Å². The van der Waals surface area contributed by atoms with Crippen molar-refractivity contribution in [3.05, 3.63) is 9.94 Å². The summed E-state index contributed by atoms with van der Waals surface area (Å²) in [4.78, 5) is 0.921. The molecular formula is C5H9ClS. The lowest BCUT2D eigenvalue weighted by Gasteiger charge is -1.90. The summed E-state index contributed by atoms with van der Waals surface area (Å²) in [5.74, 6) is 0. The van der Waals surface area contributed by atoms with E-state index in [0.29, 0.717) is 0 Å². The second kappa shape index (κ2) is 3.39. The summed E-state index contributed by atoms with van der Waals surface area (Å²) in [6, 6.07) is 0. The van der Waals surface area contributed by atoms with E-state index in [0.717, 1.165) is 16.4 Å². The maximum Gasteiger partial charge on any atom is 0.0267 e. The Bertz CT molecular complexity index is 82.1. The molecule has 0 saturated carbocycles. The van der Waals surface area contributed by atoms with Gasteiger partial charge in [-0.15, -0.1) is 12.6 Å². The molecule has 0 saturated heterocycles. The van der Waals surface area contributed by atoms with Gasteiger partial charge in [0.15, 0.2) is 0 Å². The van der Waals surface area contributed by atoms with Gasteiger partial charge in [-0.3, -0.25) is 0 Å². The summed E-state index contributed by atoms with van der Waals surface area (Å²) in [5, 5.41) is 0.850. The minimum Gasteiger partial charge on any atom is -0.147 e. The lowest BCUT2D eigenvalue weighted by molar-refractivity contribution is 1.18. The van der Waals surface area contributed by atoms with Crippen molar-refractivity contribution in [1.29, 1.82) is 0 Å². The Balaban J connectivity index is 3.72. The molecule has 0 aliphatic carbocycles. The minimum atomic E-state index is 0.850. The van der Waals surface area contributed by atoms with Gasteiger partial charge in [0.05, 0.1) is 0 Å². The molecule has 0 aromatic heterocycles. The van der Waals surface area contributed by atoms with Crippen LogP contribution in [-0.4, -0.2) is 0 Å². The molecule has 2 heteroatoms. The monoisotopic (exact) mass is 136 g/mol. The van der Waals surface area contributed by atoms with Crippen molar-refractivity contribution >= 4 is 24.2 Å². The third kappa shape index (κ3) is 3.01. The third-order valence-electron chi connectivity index (χ3n) is 0.703. The largest absolute Gasteiger partial charge is 0.147 e. The molecule has 0 aliphatic heterocycles. The zero-order chi connectivity index (χ0) is 5.86. The Morgan fingerprint density at radius 3 is 2.14 bits per heavy atom. The first kappa shape index (κ1) is 7.38. The average Bonchev–Trinajstić information content (AvgIpc) is 1.65. The van der Waals surface area contributed by atoms with Gasteiger partial charge in [0.2, 0.25) is 0 Å². The van der Waals surface area contributed by atoms with E-state index in [1.54, 1.807) is 0 Å². The molecule has 0 aromatic carbocycles. The molecule has 0 bridgehead atoms. The van der Waals surface area contributed by atoms with Gasteiger partial charge in [-0.05, 0) is 18.2 Å². The highest BCUT2D eigenvalue weighted by atomic mass is 35.5. The van der Waals surface area contributed by atoms with Crippen molar-refractivity contribution in [3.63, 3.8) is 0 Å². The lowest BCUT2D eigenvalue weighted by atomic mass is 10.4. The molecule has 0 heterocycles. The van der Waals surface area contributed by atoms with Gasteiger partial charge in [0.1, 0.15) is 0 Å². The average molecular weight is 137 g/mol. The predicted molar refractivity (Wildman–Crippen MR) is 37.8 cm³/mol. The Hall–Kier alpha value is 0.380. The highest BCUT2D eigenvalue weighted by molar-refractivity contribution is 7.84. The molecule has 42 valence electrons. The molecule has 0 amide bonds. The molecule has 0 aromatic rings. The van der Waals surface area contributed by atoms with Crippen LogP contribution >= 0.6 is 24.2 Å². The van der Waals surface area contributed by atoms with Gasteiger partial charge < -0.3 is 0 Å². The standard InChI is InChI=1S/C5H9ClS/c1-3-5(6)4(2)7/h7H,3H2,1-2H3/b5-4-. The van der Waals surface area contributed by atoms with Gasteiger partial charge in [-0.1, -0.05) is 18.5 Å². The number of rotatable bonds is 1. The topological polar surface area (TPSA) is 0 Å². The molecule has 0 rings (SSSR count). The van der Waals surface area contributed by atoms with Gasteiger partial charge in [0, 0.05) is 5.03 Å². The second-order valence-electron chi connectivity index (χ2n) is 1.34. The van der Waals surface area contributed by atoms with Crippen molar-refractivity contribution in [2.75, 3.05) is 0 Å². The van der Waals surface area contributed by atoms with Crippen LogP contribution in [0.2, 0.25) is 0 Å². The molecular weight excluding hydrogens is 128 g/mol. The van der Waals surface area contributed by atoms with Crippen LogP contribution in [0.15, 0.2) is 9.94 Å². The second-order valence-corrected chi connectivity index (χ2v) is 2.47. The Labute approximate surface area is 55.0 Å². The van der Waals surface area contributed by atoms with E-state index in [1.807, 2.05) is 13.8 Å². The van der Waals surface area contributed by atoms with E-state index in [-0.39, 0.29) is 0 Å². The summed E-state index contributed by atoms with van der Waals surface area (Å²) < 4.78 is 0. The van der Waals surface area contributed by atoms with Crippen LogP contribution in [0.5, 0.6) is 0 Å². The van der Waals surface area contributed by atoms with Gasteiger partial charge >= 0.3 is 0 Å². The Morgan fingerprint density at radius 1 is 1.71 bits per heavy atom. The van der Waals surface area contributed by atoms with Gasteiger partial charge in [-0.25, -0.2) is 0 Å². The van der Waals surface area contributed by atoms with Crippen LogP contribution in [0.4, 0.5) is 0 Å². The summed E-state index contributed by atoms with van der Waals surface area (Å²) in [7, 11) is 0. The maximum atomic E-state index is 5.60. The van der Waals surface area contributed by atoms with E-state index < -0.39 is 0 Å². The molecule has 0 atom stereocenters. The van der Waals surface area contributed by atoms with Crippen molar-refractivity contribution in [2.24, 2.45) is 0 Å². The number of allylic oxidation sites excluding steroid dienone is 2. The predicted octanol–water partition coefficient (Wildman–Crippen LogP) is 2.80. The highest BCUT2D eigenvalue weighted by Crippen LogP contribution is 2.14. The summed E-state index contributed by atoms with van der Waals surface area (Å²) >= 11 is 9.62. The molecule has 0 nitrogen and oxygen atoms in total. The van der Waals surface area contributed by atoms with Crippen LogP contribution in [0.1, 0.15) is 20.3 Å². The van der Waals surface area contributed by atoms with Crippen molar-refractivity contribution in [3.8, 4) is 0 Å². The van der Waals surface area contributed by atoms with E-state index >= 15 is 0 Å². The zero-order valence-corrected chi connectivity index (χ0v) is 6.18. The van der Waals surface area contributed by atoms with Gasteiger partial charge in [0.25, 0.3) is 0 Å². The van der Waals surface area contributed by atoms with Gasteiger partial charge in [-0.2, -0.15) is 0 Å². The maximum absolute atomic E-state index is 5.60. The van der Waals surface area contributed by atoms with Crippen molar-refractivity contribution in [2.45, 2.75) is 20.3 Å². The molecule has 0 spiro atoms. The molecule has 0 fully saturated rings. The molecule has 0 radical (unpaired) electrons. The fourth-order valence-corrected chi connectivity index (χ4v) is 0.414. The number of thiol groups is 1. The Kier molecular flexibility index (Phi) is 3.57. The molecule has 7 heavy (non-hydrogen) atoms. The molecule has 0 unspecified atom stereocenters. The fraction of sp³-hybridized carbons (Fsp3) is 0.600. The van der Waals surface area contributed by atoms with Crippen LogP contribution in [0.25, 0.3) is 0 Å². The summed E-state index contributed by atoms with van der Waals surface area (Å²) in [6.45, 7) is 3.89. The summed E-state index contributed by atoms with van der Waals surface area (Å²) in [5.41, 5.74) is 0. The zero-order valence-electron chi connectivity index (χ0n) is 4.53. The molecule has 0 aliphatic rings. The van der Waals surface area contributed by atoms with Crippen LogP contribution < -0.4 is 0 Å². The Morgan fingerprint density at radius 2 is 2.14 bits per heavy atom. The van der Waals surface area contributed by atoms with E-state index in [9.17, 15) is 0 Å². The first-order chi connectivity index (χ1) is 3.18. The SMILES string of the molecule is CC/C(Cl)=C(\C)S. The van der Waals surface area contributed by atoms with E-state index in [2.05, 4.69) is 12.6 Å². The summed E-state index contributed by atoms with van der Waals surface area (Å²) in [6.07, 6.45) is 0.886. The highest BCUT2D eigenvalue weighted by Gasteiger charge is 1.87. The smallest absolute Gasteiger partial charge is 0.0267 e. The molecule has 0 N–H and O–H groups in total. The van der Waals surface area contributed by atoms with Crippen LogP contribution in [0, 0.1) is 0 Å². The number of hydrogen-bond acceptors (Lipinski definition) is 1. The lowest BCUT2D eigenvalue weighted by Crippen LogP contribution is -1.66. The normalized spacial score (nSPS) is 13.7. The van der Waals surface area contributed by atoms with E-state index in [4.69, 9.17) is 11.6 Å². The quantitative estimate of drug-likeness (QED) is 0.527. The number of hydrogen-bond donors (Lipinski definition) is 1. The van der Waals surface area contributed by atoms with Crippen LogP contribution in [0.3, 0.4) is 0 Å². The van der Waals surface area contributed by atoms with E-state index in [1.165, 1.54) is 0 Å². The minimum absolute atomic E-state index is 0.850. The third-order valence-corrected chi connectivity index (χ3v) is 1.66. The first-order valence-electron chi connectivity index (χ1n) is 2.22. The van der Waals surface area contributed by atoms with Crippen molar-refractivity contribution in [1.82, 2.24) is 0 Å².